The van der Waals surface area contributed by atoms with E-state index in [4.69, 9.17) is 4.74 Å². The molecule has 3 rings (SSSR count). The Labute approximate surface area is 128 Å². The lowest BCUT2D eigenvalue weighted by atomic mass is 9.81. The van der Waals surface area contributed by atoms with E-state index in [-0.39, 0.29) is 11.5 Å². The third kappa shape index (κ3) is 2.75. The summed E-state index contributed by atoms with van der Waals surface area (Å²) in [6.45, 7) is 4.98. The number of hydrogen-bond acceptors (Lipinski definition) is 6. The van der Waals surface area contributed by atoms with E-state index in [2.05, 4.69) is 23.4 Å². The van der Waals surface area contributed by atoms with Crippen LogP contribution in [-0.4, -0.2) is 38.4 Å². The first kappa shape index (κ1) is 14.8. The normalized spacial score (nSPS) is 32.1. The molecule has 0 aromatic carbocycles. The van der Waals surface area contributed by atoms with Crippen LogP contribution in [0.25, 0.3) is 0 Å². The van der Waals surface area contributed by atoms with Crippen LogP contribution < -0.4 is 0 Å². The van der Waals surface area contributed by atoms with Crippen molar-refractivity contribution in [1.29, 1.82) is 0 Å². The Morgan fingerprint density at radius 2 is 2.30 bits per heavy atom. The molecule has 2 fully saturated rings. The Morgan fingerprint density at radius 1 is 1.45 bits per heavy atom. The highest BCUT2D eigenvalue weighted by Gasteiger charge is 2.43. The highest BCUT2D eigenvalue weighted by Crippen LogP contribution is 2.45. The van der Waals surface area contributed by atoms with Gasteiger partial charge in [-0.05, 0) is 48.4 Å². The van der Waals surface area contributed by atoms with Crippen molar-refractivity contribution in [3.8, 4) is 0 Å². The number of ether oxygens (including phenoxy) is 1. The van der Waals surface area contributed by atoms with Gasteiger partial charge in [0.15, 0.2) is 0 Å². The molecule has 3 unspecified atom stereocenters. The first-order valence-electron chi connectivity index (χ1n) is 7.33. The van der Waals surface area contributed by atoms with Crippen molar-refractivity contribution in [3.05, 3.63) is 10.6 Å². The summed E-state index contributed by atoms with van der Waals surface area (Å²) in [5.41, 5.74) is 0.980. The van der Waals surface area contributed by atoms with Gasteiger partial charge in [0, 0.05) is 12.4 Å². The molecule has 2 aliphatic heterocycles. The third-order valence-corrected chi connectivity index (χ3v) is 6.43. The Bertz CT molecular complexity index is 458. The summed E-state index contributed by atoms with van der Waals surface area (Å²) in [6.07, 6.45) is 2.59. The molecule has 0 bridgehead atoms. The van der Waals surface area contributed by atoms with E-state index in [1.54, 1.807) is 0 Å². The van der Waals surface area contributed by atoms with E-state index in [0.29, 0.717) is 5.92 Å². The highest BCUT2D eigenvalue weighted by atomic mass is 32.2. The van der Waals surface area contributed by atoms with Crippen molar-refractivity contribution in [1.82, 2.24) is 9.59 Å². The van der Waals surface area contributed by atoms with Crippen molar-refractivity contribution < 1.29 is 9.84 Å². The average Bonchev–Trinajstić information content (AvgIpc) is 3.07. The lowest BCUT2D eigenvalue weighted by Gasteiger charge is -2.39. The second-order valence-corrected chi connectivity index (χ2v) is 8.10. The summed E-state index contributed by atoms with van der Waals surface area (Å²) in [7, 11) is 0. The molecule has 0 aliphatic carbocycles. The molecule has 0 radical (unpaired) electrons. The van der Waals surface area contributed by atoms with Gasteiger partial charge in [-0.2, -0.15) is 11.8 Å². The quantitative estimate of drug-likeness (QED) is 0.929. The predicted molar refractivity (Wildman–Crippen MR) is 82.3 cm³/mol. The van der Waals surface area contributed by atoms with Crippen molar-refractivity contribution in [2.45, 2.75) is 50.7 Å². The fraction of sp³-hybridized carbons (Fsp3) is 0.857. The molecule has 2 aliphatic rings. The van der Waals surface area contributed by atoms with Gasteiger partial charge < -0.3 is 9.84 Å². The summed E-state index contributed by atoms with van der Waals surface area (Å²) in [5.74, 6) is 2.85. The van der Waals surface area contributed by atoms with Gasteiger partial charge in [0.05, 0.1) is 22.3 Å². The van der Waals surface area contributed by atoms with Gasteiger partial charge in [-0.3, -0.25) is 0 Å². The molecule has 0 amide bonds. The first-order valence-corrected chi connectivity index (χ1v) is 9.26. The molecule has 20 heavy (non-hydrogen) atoms. The van der Waals surface area contributed by atoms with Gasteiger partial charge in [0.2, 0.25) is 0 Å². The van der Waals surface area contributed by atoms with Crippen molar-refractivity contribution in [3.63, 3.8) is 0 Å². The summed E-state index contributed by atoms with van der Waals surface area (Å²) in [6, 6.07) is 0. The number of thioether (sulfide) groups is 1. The van der Waals surface area contributed by atoms with Gasteiger partial charge in [-0.1, -0.05) is 18.3 Å². The number of nitrogens with zero attached hydrogens (tertiary/aromatic N) is 2. The predicted octanol–water partition coefficient (Wildman–Crippen LogP) is 3.00. The van der Waals surface area contributed by atoms with Crippen molar-refractivity contribution in [2.75, 3.05) is 18.1 Å². The standard InChI is InChI=1S/C14H22N2O2S2/c1-9(2)11-13(20-16-15-11)12(17)10-3-5-18-14(7-10)4-6-19-8-14/h9-10,12,17H,3-8H2,1-2H3. The molecular formula is C14H22N2O2S2. The van der Waals surface area contributed by atoms with E-state index in [9.17, 15) is 5.11 Å². The smallest absolute Gasteiger partial charge is 0.0947 e. The van der Waals surface area contributed by atoms with Crippen molar-refractivity contribution in [2.24, 2.45) is 5.92 Å². The summed E-state index contributed by atoms with van der Waals surface area (Å²) >= 11 is 3.32. The average molecular weight is 314 g/mol. The van der Waals surface area contributed by atoms with E-state index < -0.39 is 6.10 Å². The molecule has 1 N–H and O–H groups in total. The van der Waals surface area contributed by atoms with Gasteiger partial charge in [-0.15, -0.1) is 5.10 Å². The third-order valence-electron chi connectivity index (χ3n) is 4.40. The Morgan fingerprint density at radius 3 is 3.00 bits per heavy atom. The zero-order valence-electron chi connectivity index (χ0n) is 12.0. The Balaban J connectivity index is 1.76. The minimum absolute atomic E-state index is 0.0185. The molecule has 4 nitrogen and oxygen atoms in total. The zero-order chi connectivity index (χ0) is 14.2. The van der Waals surface area contributed by atoms with Crippen LogP contribution in [0.1, 0.15) is 55.7 Å². The topological polar surface area (TPSA) is 55.2 Å². The van der Waals surface area contributed by atoms with Crippen LogP contribution >= 0.6 is 23.3 Å². The monoisotopic (exact) mass is 314 g/mol. The van der Waals surface area contributed by atoms with E-state index in [1.807, 2.05) is 11.8 Å². The molecule has 112 valence electrons. The van der Waals surface area contributed by atoms with Gasteiger partial charge in [0.1, 0.15) is 0 Å². The summed E-state index contributed by atoms with van der Waals surface area (Å²) in [5, 5.41) is 15.0. The maximum Gasteiger partial charge on any atom is 0.0947 e. The maximum atomic E-state index is 10.8. The maximum absolute atomic E-state index is 10.8. The van der Waals surface area contributed by atoms with Crippen molar-refractivity contribution >= 4 is 23.3 Å². The lowest BCUT2D eigenvalue weighted by molar-refractivity contribution is -0.101. The van der Waals surface area contributed by atoms with Crippen LogP contribution in [0.5, 0.6) is 0 Å². The van der Waals surface area contributed by atoms with Gasteiger partial charge >= 0.3 is 0 Å². The molecule has 0 saturated carbocycles. The minimum Gasteiger partial charge on any atom is -0.387 e. The largest absolute Gasteiger partial charge is 0.387 e. The van der Waals surface area contributed by atoms with Crippen LogP contribution in [-0.2, 0) is 4.74 Å². The fourth-order valence-corrected chi connectivity index (χ4v) is 5.49. The van der Waals surface area contributed by atoms with Crippen LogP contribution in [0.3, 0.4) is 0 Å². The number of aliphatic hydroxyl groups excluding tert-OH is 1. The Kier molecular flexibility index (Phi) is 4.36. The second-order valence-electron chi connectivity index (χ2n) is 6.21. The molecule has 1 aromatic heterocycles. The van der Waals surface area contributed by atoms with Crippen LogP contribution in [0, 0.1) is 5.92 Å². The van der Waals surface area contributed by atoms with E-state index in [1.165, 1.54) is 17.3 Å². The Hall–Kier alpha value is -0.170. The lowest BCUT2D eigenvalue weighted by Crippen LogP contribution is -2.41. The molecule has 1 spiro atoms. The van der Waals surface area contributed by atoms with E-state index >= 15 is 0 Å². The number of rotatable bonds is 3. The number of hydrogen-bond donors (Lipinski definition) is 1. The van der Waals surface area contributed by atoms with E-state index in [0.717, 1.165) is 42.2 Å². The molecule has 1 aromatic rings. The highest BCUT2D eigenvalue weighted by molar-refractivity contribution is 7.99. The molecule has 3 atom stereocenters. The number of aromatic nitrogens is 2. The molecular weight excluding hydrogens is 292 g/mol. The SMILES string of the molecule is CC(C)c1nnsc1C(O)C1CCOC2(CCSC2)C1. The molecule has 2 saturated heterocycles. The summed E-state index contributed by atoms with van der Waals surface area (Å²) < 4.78 is 10.1. The van der Waals surface area contributed by atoms with Crippen LogP contribution in [0.15, 0.2) is 0 Å². The summed E-state index contributed by atoms with van der Waals surface area (Å²) in [4.78, 5) is 0.965. The fourth-order valence-electron chi connectivity index (χ4n) is 3.22. The first-order chi connectivity index (χ1) is 9.61. The molecule has 6 heteroatoms. The van der Waals surface area contributed by atoms with Gasteiger partial charge in [0.25, 0.3) is 0 Å². The number of aliphatic hydroxyl groups is 1. The van der Waals surface area contributed by atoms with Gasteiger partial charge in [-0.25, -0.2) is 0 Å². The van der Waals surface area contributed by atoms with Crippen LogP contribution in [0.4, 0.5) is 0 Å². The van der Waals surface area contributed by atoms with Crippen LogP contribution in [0.2, 0.25) is 0 Å². The zero-order valence-corrected chi connectivity index (χ0v) is 13.7. The minimum atomic E-state index is -0.432. The second kappa shape index (κ2) is 5.91. The molecule has 3 heterocycles.